The summed E-state index contributed by atoms with van der Waals surface area (Å²) in [5.41, 5.74) is 11.5. The van der Waals surface area contributed by atoms with E-state index in [0.717, 1.165) is 47.5 Å². The number of anilines is 2. The van der Waals surface area contributed by atoms with E-state index in [9.17, 15) is 14.9 Å². The van der Waals surface area contributed by atoms with Crippen molar-refractivity contribution in [3.63, 3.8) is 0 Å². The Balaban J connectivity index is 1.75. The highest BCUT2D eigenvalue weighted by atomic mass is 16.6. The quantitative estimate of drug-likeness (QED) is 0.224. The van der Waals surface area contributed by atoms with Gasteiger partial charge >= 0.3 is 11.7 Å². The number of nitro groups is 1. The highest BCUT2D eigenvalue weighted by molar-refractivity contribution is 5.80. The fourth-order valence-electron chi connectivity index (χ4n) is 5.24. The molecule has 0 atom stereocenters. The Labute approximate surface area is 229 Å². The van der Waals surface area contributed by atoms with Crippen LogP contribution in [0.4, 0.5) is 17.3 Å². The van der Waals surface area contributed by atoms with Gasteiger partial charge < -0.3 is 15.4 Å². The van der Waals surface area contributed by atoms with E-state index in [1.165, 1.54) is 18.4 Å². The number of esters is 1. The van der Waals surface area contributed by atoms with Crippen LogP contribution in [-0.4, -0.2) is 52.0 Å². The van der Waals surface area contributed by atoms with Gasteiger partial charge in [-0.1, -0.05) is 42.0 Å². The summed E-state index contributed by atoms with van der Waals surface area (Å²) in [5, 5.41) is 12.1. The Hall–Kier alpha value is -4.05. The molecule has 39 heavy (non-hydrogen) atoms. The Morgan fingerprint density at radius 2 is 1.69 bits per heavy atom. The van der Waals surface area contributed by atoms with Crippen molar-refractivity contribution in [2.75, 3.05) is 36.9 Å². The lowest BCUT2D eigenvalue weighted by Gasteiger charge is -2.24. The lowest BCUT2D eigenvalue weighted by Crippen LogP contribution is -2.32. The zero-order chi connectivity index (χ0) is 28.1. The highest BCUT2D eigenvalue weighted by Gasteiger charge is 2.30. The third kappa shape index (κ3) is 6.69. The first-order valence-electron chi connectivity index (χ1n) is 13.3. The van der Waals surface area contributed by atoms with Crippen molar-refractivity contribution in [1.29, 1.82) is 0 Å². The number of carbonyl (C=O) groups excluding carboxylic acids is 1. The molecule has 2 aromatic carbocycles. The second kappa shape index (κ2) is 12.2. The van der Waals surface area contributed by atoms with Crippen molar-refractivity contribution >= 4 is 23.3 Å². The molecule has 0 aliphatic carbocycles. The molecule has 4 rings (SSSR count). The summed E-state index contributed by atoms with van der Waals surface area (Å²) in [6, 6.07) is 12.1. The molecule has 0 bridgehead atoms. The van der Waals surface area contributed by atoms with Crippen LogP contribution in [-0.2, 0) is 22.6 Å². The first kappa shape index (κ1) is 28.0. The van der Waals surface area contributed by atoms with Gasteiger partial charge in [-0.25, -0.2) is 9.97 Å². The number of aryl methyl sites for hydroxylation is 3. The molecule has 3 aromatic rings. The van der Waals surface area contributed by atoms with Crippen molar-refractivity contribution in [2.45, 2.75) is 53.6 Å². The number of rotatable bonds is 10. The summed E-state index contributed by atoms with van der Waals surface area (Å²) in [7, 11) is 0. The van der Waals surface area contributed by atoms with Gasteiger partial charge in [-0.2, -0.15) is 0 Å². The van der Waals surface area contributed by atoms with Crippen LogP contribution < -0.4 is 10.6 Å². The second-order valence-corrected chi connectivity index (χ2v) is 10.1. The summed E-state index contributed by atoms with van der Waals surface area (Å²) >= 11 is 0. The Morgan fingerprint density at radius 1 is 1.08 bits per heavy atom. The molecule has 0 saturated carbocycles. The number of hydrogen-bond acceptors (Lipinski definition) is 9. The maximum atomic E-state index is 12.6. The van der Waals surface area contributed by atoms with Crippen LogP contribution in [0.5, 0.6) is 0 Å². The molecule has 10 nitrogen and oxygen atoms in total. The van der Waals surface area contributed by atoms with E-state index in [-0.39, 0.29) is 37.2 Å². The van der Waals surface area contributed by atoms with E-state index >= 15 is 0 Å². The van der Waals surface area contributed by atoms with Crippen LogP contribution >= 0.6 is 0 Å². The number of aromatic nitrogens is 2. The molecular formula is C29H36N6O4. The minimum atomic E-state index is -0.597. The maximum Gasteiger partial charge on any atom is 0.353 e. The highest BCUT2D eigenvalue weighted by Crippen LogP contribution is 2.36. The molecule has 0 spiro atoms. The Morgan fingerprint density at radius 3 is 2.28 bits per heavy atom. The Bertz CT molecular complexity index is 1330. The van der Waals surface area contributed by atoms with Crippen molar-refractivity contribution in [1.82, 2.24) is 14.9 Å². The van der Waals surface area contributed by atoms with Gasteiger partial charge in [0.15, 0.2) is 5.82 Å². The molecule has 0 amide bonds. The summed E-state index contributed by atoms with van der Waals surface area (Å²) in [6.07, 6.45) is 2.46. The molecule has 206 valence electrons. The predicted octanol–water partition coefficient (Wildman–Crippen LogP) is 4.72. The van der Waals surface area contributed by atoms with Crippen molar-refractivity contribution < 1.29 is 14.5 Å². The van der Waals surface area contributed by atoms with Crippen LogP contribution in [0.3, 0.4) is 0 Å². The van der Waals surface area contributed by atoms with Crippen LogP contribution in [0.25, 0.3) is 11.4 Å². The van der Waals surface area contributed by atoms with E-state index in [4.69, 9.17) is 10.5 Å². The van der Waals surface area contributed by atoms with E-state index in [1.807, 2.05) is 45.0 Å². The number of ether oxygens (including phenoxy) is 1. The minimum Gasteiger partial charge on any atom is -0.465 e. The number of hydrogen-bond donors (Lipinski definition) is 1. The number of nitrogens with zero attached hydrogens (tertiary/aromatic N) is 5. The molecule has 0 radical (unpaired) electrons. The molecular weight excluding hydrogens is 496 g/mol. The molecule has 1 fully saturated rings. The van der Waals surface area contributed by atoms with Gasteiger partial charge in [0.05, 0.1) is 11.5 Å². The van der Waals surface area contributed by atoms with Crippen LogP contribution in [0.2, 0.25) is 0 Å². The first-order valence-corrected chi connectivity index (χ1v) is 13.3. The molecule has 10 heteroatoms. The molecule has 1 aromatic heterocycles. The second-order valence-electron chi connectivity index (χ2n) is 10.1. The predicted molar refractivity (Wildman–Crippen MR) is 151 cm³/mol. The zero-order valence-electron chi connectivity index (χ0n) is 23.1. The summed E-state index contributed by atoms with van der Waals surface area (Å²) < 4.78 is 5.19. The normalized spacial score (nSPS) is 13.4. The zero-order valence-corrected chi connectivity index (χ0v) is 23.1. The van der Waals surface area contributed by atoms with E-state index < -0.39 is 16.6 Å². The average Bonchev–Trinajstić information content (AvgIpc) is 3.37. The smallest absolute Gasteiger partial charge is 0.353 e. The third-order valence-electron chi connectivity index (χ3n) is 6.90. The number of benzene rings is 2. The van der Waals surface area contributed by atoms with Crippen molar-refractivity contribution in [2.24, 2.45) is 0 Å². The van der Waals surface area contributed by atoms with E-state index in [0.29, 0.717) is 0 Å². The molecule has 2 N–H and O–H groups in total. The molecule has 1 saturated heterocycles. The lowest BCUT2D eigenvalue weighted by atomic mass is 9.99. The fraction of sp³-hybridized carbons (Fsp3) is 0.414. The lowest BCUT2D eigenvalue weighted by molar-refractivity contribution is -0.383. The van der Waals surface area contributed by atoms with E-state index in [1.54, 1.807) is 11.8 Å². The summed E-state index contributed by atoms with van der Waals surface area (Å²) in [6.45, 7) is 10.9. The van der Waals surface area contributed by atoms with Crippen molar-refractivity contribution in [3.8, 4) is 11.4 Å². The molecule has 2 heterocycles. The van der Waals surface area contributed by atoms with Gasteiger partial charge in [-0.05, 0) is 75.9 Å². The Kier molecular flexibility index (Phi) is 8.75. The summed E-state index contributed by atoms with van der Waals surface area (Å²) in [5.74, 6) is -0.512. The average molecular weight is 533 g/mol. The molecule has 1 aliphatic rings. The van der Waals surface area contributed by atoms with Crippen molar-refractivity contribution in [3.05, 3.63) is 74.3 Å². The molecule has 0 unspecified atom stereocenters. The minimum absolute atomic E-state index is 0.0175. The number of nitrogen functional groups attached to an aromatic ring is 1. The largest absolute Gasteiger partial charge is 0.465 e. The maximum absolute atomic E-state index is 12.6. The van der Waals surface area contributed by atoms with Gasteiger partial charge in [0.1, 0.15) is 6.54 Å². The van der Waals surface area contributed by atoms with Gasteiger partial charge in [0.2, 0.25) is 11.6 Å². The van der Waals surface area contributed by atoms with E-state index in [2.05, 4.69) is 27.0 Å². The first-order chi connectivity index (χ1) is 18.7. The number of carbonyl (C=O) groups is 1. The topological polar surface area (TPSA) is 128 Å². The monoisotopic (exact) mass is 532 g/mol. The van der Waals surface area contributed by atoms with Gasteiger partial charge in [-0.3, -0.25) is 19.8 Å². The van der Waals surface area contributed by atoms with Crippen LogP contribution in [0.1, 0.15) is 47.6 Å². The van der Waals surface area contributed by atoms with Crippen LogP contribution in [0, 0.1) is 30.9 Å². The third-order valence-corrected chi connectivity index (χ3v) is 6.90. The number of likely N-dealkylation sites (tertiary alicyclic amines) is 1. The number of nitrogens with two attached hydrogens (primary N) is 1. The van der Waals surface area contributed by atoms with Gasteiger partial charge in [0.25, 0.3) is 0 Å². The van der Waals surface area contributed by atoms with Gasteiger partial charge in [0, 0.05) is 18.7 Å². The fourth-order valence-corrected chi connectivity index (χ4v) is 5.24. The standard InChI is InChI=1S/C29H36N6O4/c1-5-39-24(36)18-34(17-23-10-8-22(9-11-23)16-33-12-6-7-13-33)29-26(35(37)38)27(30)31-28(32-29)25-20(3)14-19(2)15-21(25)4/h8-11,14-15H,5-7,12-13,16-18H2,1-4H3,(H2,30,31,32). The van der Waals surface area contributed by atoms with Gasteiger partial charge in [-0.15, -0.1) is 0 Å². The summed E-state index contributed by atoms with van der Waals surface area (Å²) in [4.78, 5) is 37.1. The van der Waals surface area contributed by atoms with Crippen LogP contribution in [0.15, 0.2) is 36.4 Å². The SMILES string of the molecule is CCOC(=O)CN(Cc1ccc(CN2CCCC2)cc1)c1nc(-c2c(C)cc(C)cc2C)nc(N)c1[N+](=O)[O-]. The molecule has 1 aliphatic heterocycles.